The van der Waals surface area contributed by atoms with Gasteiger partial charge in [-0.3, -0.25) is 19.9 Å². The predicted octanol–water partition coefficient (Wildman–Crippen LogP) is 2.26. The third-order valence-corrected chi connectivity index (χ3v) is 6.84. The summed E-state index contributed by atoms with van der Waals surface area (Å²) in [6.07, 6.45) is 2.88. The molecule has 1 heterocycles. The molecule has 3 N–H and O–H groups in total. The molecule has 2 aromatic carbocycles. The van der Waals surface area contributed by atoms with Crippen molar-refractivity contribution in [2.75, 3.05) is 19.7 Å². The van der Waals surface area contributed by atoms with E-state index in [9.17, 15) is 23.7 Å². The number of nitro benzene ring substituents is 1. The molecule has 180 valence electrons. The second-order valence-corrected chi connectivity index (χ2v) is 9.22. The molecule has 0 saturated carbocycles. The number of nitrogens with two attached hydrogens (primary N) is 1. The minimum atomic E-state index is -4.49. The number of benzene rings is 2. The summed E-state index contributed by atoms with van der Waals surface area (Å²) in [6.45, 7) is 4.32. The normalized spacial score (nSPS) is 17.4. The van der Waals surface area contributed by atoms with Crippen LogP contribution in [0.4, 0.5) is 5.69 Å². The minimum absolute atomic E-state index is 0.165. The number of nitrogens with zero attached hydrogens (tertiary/aromatic N) is 4. The van der Waals surface area contributed by atoms with E-state index in [1.165, 1.54) is 24.3 Å². The second-order valence-electron chi connectivity index (χ2n) is 7.47. The first kappa shape index (κ1) is 25.1. The van der Waals surface area contributed by atoms with Crippen LogP contribution in [0.3, 0.4) is 0 Å². The Morgan fingerprint density at radius 1 is 1.29 bits per heavy atom. The Morgan fingerprint density at radius 2 is 1.97 bits per heavy atom. The van der Waals surface area contributed by atoms with Crippen LogP contribution in [0.25, 0.3) is 0 Å². The zero-order valence-electron chi connectivity index (χ0n) is 18.2. The molecule has 3 rings (SSSR count). The van der Waals surface area contributed by atoms with Crippen molar-refractivity contribution in [3.8, 4) is 0 Å². The van der Waals surface area contributed by atoms with Crippen LogP contribution in [0, 0.1) is 10.1 Å². The molecule has 1 atom stereocenters. The largest absolute Gasteiger partial charge is 0.409 e. The molecule has 0 aliphatic carbocycles. The lowest BCUT2D eigenvalue weighted by atomic mass is 10.0. The molecule has 0 amide bonds. The number of oxime groups is 1. The van der Waals surface area contributed by atoms with Crippen molar-refractivity contribution >= 4 is 21.5 Å². The van der Waals surface area contributed by atoms with Gasteiger partial charge < -0.3 is 10.9 Å². The first-order valence-corrected chi connectivity index (χ1v) is 11.7. The summed E-state index contributed by atoms with van der Waals surface area (Å²) in [7, 11) is -4.49. The molecule has 0 saturated heterocycles. The molecular formula is C22H25N5O6S. The fraction of sp³-hybridized carbons (Fsp3) is 0.227. The van der Waals surface area contributed by atoms with Gasteiger partial charge in [-0.15, -0.1) is 6.58 Å². The van der Waals surface area contributed by atoms with Crippen molar-refractivity contribution in [2.24, 2.45) is 10.9 Å². The number of para-hydroxylation sites is 1. The average molecular weight is 488 g/mol. The van der Waals surface area contributed by atoms with Crippen LogP contribution in [-0.4, -0.2) is 59.5 Å². The van der Waals surface area contributed by atoms with E-state index >= 15 is 0 Å². The molecular weight excluding hydrogens is 462 g/mol. The Kier molecular flexibility index (Phi) is 8.12. The van der Waals surface area contributed by atoms with E-state index < -0.39 is 31.6 Å². The van der Waals surface area contributed by atoms with Gasteiger partial charge in [-0.1, -0.05) is 64.2 Å². The smallest absolute Gasteiger partial charge is 0.289 e. The Labute approximate surface area is 197 Å². The van der Waals surface area contributed by atoms with Crippen LogP contribution in [0.2, 0.25) is 0 Å². The number of hydroxylamine groups is 1. The highest BCUT2D eigenvalue weighted by Gasteiger charge is 2.39. The van der Waals surface area contributed by atoms with E-state index in [1.807, 2.05) is 35.2 Å². The molecule has 11 nitrogen and oxygen atoms in total. The topological polar surface area (TPSA) is 152 Å². The zero-order valence-corrected chi connectivity index (χ0v) is 19.0. The summed E-state index contributed by atoms with van der Waals surface area (Å²) >= 11 is 0. The van der Waals surface area contributed by atoms with Gasteiger partial charge in [0.05, 0.1) is 17.6 Å². The third-order valence-electron chi connectivity index (χ3n) is 5.09. The first-order valence-electron chi connectivity index (χ1n) is 10.2. The Bertz CT molecular complexity index is 1200. The Balaban J connectivity index is 2.05. The van der Waals surface area contributed by atoms with Gasteiger partial charge in [0.15, 0.2) is 10.7 Å². The molecule has 1 unspecified atom stereocenters. The minimum Gasteiger partial charge on any atom is -0.409 e. The number of hydrogen-bond acceptors (Lipinski definition) is 8. The van der Waals surface area contributed by atoms with Crippen molar-refractivity contribution in [1.82, 2.24) is 9.37 Å². The van der Waals surface area contributed by atoms with Gasteiger partial charge in [0.2, 0.25) is 0 Å². The SMILES string of the molecule is C=CCON(C1C=C(/C(N)=N/O)CN(Cc2ccccc2)C1)S(=O)(=O)c1ccccc1[N+](=O)[O-]. The highest BCUT2D eigenvalue weighted by Crippen LogP contribution is 2.30. The quantitative estimate of drug-likeness (QED) is 0.129. The lowest BCUT2D eigenvalue weighted by Gasteiger charge is -2.36. The third kappa shape index (κ3) is 5.66. The summed E-state index contributed by atoms with van der Waals surface area (Å²) in [4.78, 5) is 17.7. The lowest BCUT2D eigenvalue weighted by Crippen LogP contribution is -2.50. The number of rotatable bonds is 10. The van der Waals surface area contributed by atoms with Crippen LogP contribution >= 0.6 is 0 Å². The molecule has 2 aromatic rings. The van der Waals surface area contributed by atoms with Crippen LogP contribution in [0.1, 0.15) is 5.56 Å². The highest BCUT2D eigenvalue weighted by atomic mass is 32.2. The van der Waals surface area contributed by atoms with Crippen molar-refractivity contribution in [1.29, 1.82) is 0 Å². The molecule has 0 radical (unpaired) electrons. The number of hydrogen-bond donors (Lipinski definition) is 2. The molecule has 0 aromatic heterocycles. The van der Waals surface area contributed by atoms with Crippen LogP contribution in [0.5, 0.6) is 0 Å². The lowest BCUT2D eigenvalue weighted by molar-refractivity contribution is -0.387. The predicted molar refractivity (Wildman–Crippen MR) is 125 cm³/mol. The average Bonchev–Trinajstić information content (AvgIpc) is 2.84. The number of amidine groups is 1. The fourth-order valence-electron chi connectivity index (χ4n) is 3.62. The van der Waals surface area contributed by atoms with Crippen LogP contribution in [-0.2, 0) is 21.4 Å². The van der Waals surface area contributed by atoms with Gasteiger partial charge in [-0.25, -0.2) is 8.42 Å². The molecule has 0 fully saturated rings. The van der Waals surface area contributed by atoms with Crippen LogP contribution in [0.15, 0.2) is 89.0 Å². The molecule has 0 spiro atoms. The van der Waals surface area contributed by atoms with Crippen molar-refractivity contribution in [2.45, 2.75) is 17.5 Å². The van der Waals surface area contributed by atoms with E-state index in [0.717, 1.165) is 22.2 Å². The van der Waals surface area contributed by atoms with Crippen LogP contribution < -0.4 is 5.73 Å². The summed E-state index contributed by atoms with van der Waals surface area (Å²) in [5, 5.41) is 23.8. The van der Waals surface area contributed by atoms with E-state index in [-0.39, 0.29) is 19.0 Å². The standard InChI is InChI=1S/C22H25N5O6S/c1-2-12-33-27(34(31,32)21-11-7-6-10-20(21)26(29)30)19-13-18(22(23)24-28)15-25(16-19)14-17-8-4-3-5-9-17/h2-11,13,19,28H,1,12,14-16H2,(H2,23,24). The summed E-state index contributed by atoms with van der Waals surface area (Å²) in [5.41, 5.74) is 6.63. The zero-order chi connectivity index (χ0) is 24.7. The number of sulfonamides is 1. The Morgan fingerprint density at radius 3 is 2.62 bits per heavy atom. The van der Waals surface area contributed by atoms with Gasteiger partial charge >= 0.3 is 0 Å². The van der Waals surface area contributed by atoms with Crippen molar-refractivity contribution < 1.29 is 23.4 Å². The molecule has 0 bridgehead atoms. The highest BCUT2D eigenvalue weighted by molar-refractivity contribution is 7.89. The maximum atomic E-state index is 13.6. The summed E-state index contributed by atoms with van der Waals surface area (Å²) < 4.78 is 27.9. The Hall–Kier alpha value is -3.58. The van der Waals surface area contributed by atoms with Crippen molar-refractivity contribution in [3.05, 3.63) is 94.6 Å². The fourth-order valence-corrected chi connectivity index (χ4v) is 5.16. The van der Waals surface area contributed by atoms with Gasteiger partial charge in [-0.2, -0.15) is 0 Å². The van der Waals surface area contributed by atoms with E-state index in [1.54, 1.807) is 0 Å². The molecule has 1 aliphatic heterocycles. The maximum Gasteiger partial charge on any atom is 0.289 e. The van der Waals surface area contributed by atoms with Gasteiger partial charge in [0, 0.05) is 31.3 Å². The summed E-state index contributed by atoms with van der Waals surface area (Å²) in [6, 6.07) is 13.6. The maximum absolute atomic E-state index is 13.6. The van der Waals surface area contributed by atoms with E-state index in [4.69, 9.17) is 10.6 Å². The van der Waals surface area contributed by atoms with E-state index in [0.29, 0.717) is 18.7 Å². The van der Waals surface area contributed by atoms with Gasteiger partial charge in [-0.05, 0) is 11.6 Å². The monoisotopic (exact) mass is 487 g/mol. The van der Waals surface area contributed by atoms with Gasteiger partial charge in [0.1, 0.15) is 0 Å². The first-order chi connectivity index (χ1) is 16.3. The van der Waals surface area contributed by atoms with Gasteiger partial charge in [0.25, 0.3) is 15.7 Å². The summed E-state index contributed by atoms with van der Waals surface area (Å²) in [5.74, 6) is -0.172. The molecule has 1 aliphatic rings. The van der Waals surface area contributed by atoms with E-state index in [2.05, 4.69) is 11.7 Å². The molecule has 12 heteroatoms. The molecule has 34 heavy (non-hydrogen) atoms. The van der Waals surface area contributed by atoms with Crippen molar-refractivity contribution in [3.63, 3.8) is 0 Å². The second kappa shape index (κ2) is 11.0. The number of nitro groups is 1.